The highest BCUT2D eigenvalue weighted by Crippen LogP contribution is 2.22. The molecule has 0 saturated heterocycles. The van der Waals surface area contributed by atoms with Gasteiger partial charge in [0.05, 0.1) is 7.11 Å². The molecule has 29 heavy (non-hydrogen) atoms. The van der Waals surface area contributed by atoms with Gasteiger partial charge in [0, 0.05) is 47.7 Å². The molecule has 1 N–H and O–H groups in total. The van der Waals surface area contributed by atoms with Gasteiger partial charge in [0.2, 0.25) is 11.8 Å². The number of aromatic nitrogens is 4. The lowest BCUT2D eigenvalue weighted by atomic mass is 10.0. The number of pyridine rings is 3. The lowest BCUT2D eigenvalue weighted by Gasteiger charge is -2.08. The SMILES string of the molecule is COc1cc(C)c(CCc2ccc(Cc3c[nH]c4ncc(C)cc34)c(F)n2)cn1. The Kier molecular flexibility index (Phi) is 5.25. The molecule has 6 heteroatoms. The molecule has 0 radical (unpaired) electrons. The molecule has 0 bridgehead atoms. The van der Waals surface area contributed by atoms with Gasteiger partial charge in [-0.1, -0.05) is 6.07 Å². The lowest BCUT2D eigenvalue weighted by Crippen LogP contribution is -2.02. The van der Waals surface area contributed by atoms with Gasteiger partial charge in [-0.3, -0.25) is 0 Å². The van der Waals surface area contributed by atoms with Gasteiger partial charge in [-0.05, 0) is 61.1 Å². The molecule has 0 saturated carbocycles. The van der Waals surface area contributed by atoms with Gasteiger partial charge in [-0.25, -0.2) is 15.0 Å². The number of fused-ring (bicyclic) bond motifs is 1. The Morgan fingerprint density at radius 1 is 1.00 bits per heavy atom. The number of rotatable bonds is 6. The Bertz CT molecular complexity index is 1170. The minimum absolute atomic E-state index is 0.415. The van der Waals surface area contributed by atoms with Crippen molar-refractivity contribution in [1.82, 2.24) is 19.9 Å². The van der Waals surface area contributed by atoms with Crippen molar-refractivity contribution in [2.24, 2.45) is 0 Å². The van der Waals surface area contributed by atoms with Crippen molar-refractivity contribution in [3.05, 3.63) is 82.3 Å². The van der Waals surface area contributed by atoms with Crippen LogP contribution in [0, 0.1) is 19.8 Å². The first-order valence-electron chi connectivity index (χ1n) is 9.60. The molecule has 0 spiro atoms. The van der Waals surface area contributed by atoms with Crippen LogP contribution in [0.25, 0.3) is 11.0 Å². The van der Waals surface area contributed by atoms with Crippen molar-refractivity contribution < 1.29 is 9.13 Å². The largest absolute Gasteiger partial charge is 0.481 e. The van der Waals surface area contributed by atoms with Crippen LogP contribution in [0.2, 0.25) is 0 Å². The monoisotopic (exact) mass is 390 g/mol. The van der Waals surface area contributed by atoms with Gasteiger partial charge in [0.25, 0.3) is 0 Å². The average molecular weight is 390 g/mol. The first-order valence-corrected chi connectivity index (χ1v) is 9.60. The molecule has 0 atom stereocenters. The Morgan fingerprint density at radius 2 is 1.86 bits per heavy atom. The van der Waals surface area contributed by atoms with Gasteiger partial charge in [0.1, 0.15) is 5.65 Å². The Balaban J connectivity index is 1.48. The van der Waals surface area contributed by atoms with Crippen LogP contribution in [0.1, 0.15) is 33.5 Å². The van der Waals surface area contributed by atoms with E-state index in [-0.39, 0.29) is 0 Å². The number of halogens is 1. The molecular formula is C23H23FN4O. The summed E-state index contributed by atoms with van der Waals surface area (Å²) in [5, 5.41) is 1.02. The second kappa shape index (κ2) is 7.99. The fraction of sp³-hybridized carbons (Fsp3) is 0.261. The van der Waals surface area contributed by atoms with Gasteiger partial charge >= 0.3 is 0 Å². The molecule has 0 aliphatic heterocycles. The Hall–Kier alpha value is -3.28. The third kappa shape index (κ3) is 4.11. The summed E-state index contributed by atoms with van der Waals surface area (Å²) in [6.45, 7) is 4.02. The van der Waals surface area contributed by atoms with Crippen molar-refractivity contribution in [3.63, 3.8) is 0 Å². The van der Waals surface area contributed by atoms with Crippen LogP contribution in [0.3, 0.4) is 0 Å². The molecular weight excluding hydrogens is 367 g/mol. The van der Waals surface area contributed by atoms with Crippen LogP contribution in [0.15, 0.2) is 42.9 Å². The number of H-pyrrole nitrogens is 1. The third-order valence-corrected chi connectivity index (χ3v) is 5.17. The van der Waals surface area contributed by atoms with Gasteiger partial charge in [0.15, 0.2) is 0 Å². The number of hydrogen-bond donors (Lipinski definition) is 1. The van der Waals surface area contributed by atoms with Crippen LogP contribution >= 0.6 is 0 Å². The number of nitrogens with one attached hydrogen (secondary N) is 1. The zero-order chi connectivity index (χ0) is 20.4. The molecule has 4 rings (SSSR count). The maximum Gasteiger partial charge on any atom is 0.216 e. The van der Waals surface area contributed by atoms with E-state index in [1.807, 2.05) is 50.6 Å². The first-order chi connectivity index (χ1) is 14.0. The van der Waals surface area contributed by atoms with Crippen LogP contribution in [-0.4, -0.2) is 27.0 Å². The highest BCUT2D eigenvalue weighted by molar-refractivity contribution is 5.80. The molecule has 0 amide bonds. The molecule has 0 aromatic carbocycles. The summed E-state index contributed by atoms with van der Waals surface area (Å²) in [4.78, 5) is 16.0. The number of methoxy groups -OCH3 is 1. The maximum absolute atomic E-state index is 14.7. The highest BCUT2D eigenvalue weighted by Gasteiger charge is 2.11. The smallest absolute Gasteiger partial charge is 0.216 e. The summed E-state index contributed by atoms with van der Waals surface area (Å²) in [6, 6.07) is 7.71. The molecule has 0 aliphatic carbocycles. The normalized spacial score (nSPS) is 11.2. The minimum Gasteiger partial charge on any atom is -0.481 e. The van der Waals surface area contributed by atoms with E-state index in [2.05, 4.69) is 26.0 Å². The third-order valence-electron chi connectivity index (χ3n) is 5.17. The summed E-state index contributed by atoms with van der Waals surface area (Å²) in [5.74, 6) is 0.185. The van der Waals surface area contributed by atoms with Gasteiger partial charge < -0.3 is 9.72 Å². The number of aryl methyl sites for hydroxylation is 4. The number of aromatic amines is 1. The molecule has 5 nitrogen and oxygen atoms in total. The standard InChI is InChI=1S/C23H23FN4O/c1-14-8-20-18(13-27-23(20)26-11-14)10-16-4-6-19(28-22(16)24)7-5-17-12-25-21(29-3)9-15(17)2/h4,6,8-9,11-13H,5,7,10H2,1-3H3,(H,26,27). The number of ether oxygens (including phenoxy) is 1. The Morgan fingerprint density at radius 3 is 2.62 bits per heavy atom. The molecule has 4 aromatic rings. The van der Waals surface area contributed by atoms with E-state index in [0.717, 1.165) is 45.4 Å². The lowest BCUT2D eigenvalue weighted by molar-refractivity contribution is 0.397. The fourth-order valence-corrected chi connectivity index (χ4v) is 3.48. The van der Waals surface area contributed by atoms with Crippen molar-refractivity contribution in [1.29, 1.82) is 0 Å². The average Bonchev–Trinajstić information content (AvgIpc) is 3.10. The van der Waals surface area contributed by atoms with Gasteiger partial charge in [-0.2, -0.15) is 4.39 Å². The van der Waals surface area contributed by atoms with E-state index in [0.29, 0.717) is 24.3 Å². The van der Waals surface area contributed by atoms with Crippen molar-refractivity contribution >= 4 is 11.0 Å². The fourth-order valence-electron chi connectivity index (χ4n) is 3.48. The Labute approximate surface area is 169 Å². The van der Waals surface area contributed by atoms with E-state index in [1.54, 1.807) is 7.11 Å². The summed E-state index contributed by atoms with van der Waals surface area (Å²) >= 11 is 0. The summed E-state index contributed by atoms with van der Waals surface area (Å²) in [7, 11) is 1.60. The summed E-state index contributed by atoms with van der Waals surface area (Å²) < 4.78 is 19.8. The predicted octanol–water partition coefficient (Wildman–Crippen LogP) is 4.49. The quantitative estimate of drug-likeness (QED) is 0.493. The first kappa shape index (κ1) is 19.1. The van der Waals surface area contributed by atoms with Crippen LogP contribution in [0.4, 0.5) is 4.39 Å². The van der Waals surface area contributed by atoms with Gasteiger partial charge in [-0.15, -0.1) is 0 Å². The van der Waals surface area contributed by atoms with E-state index in [1.165, 1.54) is 0 Å². The summed E-state index contributed by atoms with van der Waals surface area (Å²) in [5.41, 5.74) is 6.45. The minimum atomic E-state index is -0.415. The topological polar surface area (TPSA) is 63.7 Å². The second-order valence-electron chi connectivity index (χ2n) is 7.31. The number of nitrogens with zero attached hydrogens (tertiary/aromatic N) is 3. The zero-order valence-corrected chi connectivity index (χ0v) is 16.8. The van der Waals surface area contributed by atoms with Crippen molar-refractivity contribution in [2.45, 2.75) is 33.1 Å². The van der Waals surface area contributed by atoms with Crippen LogP contribution in [0.5, 0.6) is 5.88 Å². The van der Waals surface area contributed by atoms with E-state index in [4.69, 9.17) is 4.74 Å². The second-order valence-corrected chi connectivity index (χ2v) is 7.31. The molecule has 0 unspecified atom stereocenters. The predicted molar refractivity (Wildman–Crippen MR) is 111 cm³/mol. The molecule has 4 aromatic heterocycles. The van der Waals surface area contributed by atoms with Crippen LogP contribution in [-0.2, 0) is 19.3 Å². The number of hydrogen-bond acceptors (Lipinski definition) is 4. The van der Waals surface area contributed by atoms with E-state index >= 15 is 0 Å². The highest BCUT2D eigenvalue weighted by atomic mass is 19.1. The van der Waals surface area contributed by atoms with Crippen molar-refractivity contribution in [3.8, 4) is 5.88 Å². The van der Waals surface area contributed by atoms with E-state index in [9.17, 15) is 4.39 Å². The van der Waals surface area contributed by atoms with E-state index < -0.39 is 5.95 Å². The molecule has 4 heterocycles. The summed E-state index contributed by atoms with van der Waals surface area (Å²) in [6.07, 6.45) is 7.41. The van der Waals surface area contributed by atoms with Crippen molar-refractivity contribution in [2.75, 3.05) is 7.11 Å². The van der Waals surface area contributed by atoms with Crippen LogP contribution < -0.4 is 4.74 Å². The molecule has 0 aliphatic rings. The molecule has 0 fully saturated rings. The molecule has 148 valence electrons. The maximum atomic E-state index is 14.7. The zero-order valence-electron chi connectivity index (χ0n) is 16.8.